The van der Waals surface area contributed by atoms with Gasteiger partial charge in [0.15, 0.2) is 0 Å². The summed E-state index contributed by atoms with van der Waals surface area (Å²) in [4.78, 5) is 16.6. The first-order valence-electron chi connectivity index (χ1n) is 8.89. The van der Waals surface area contributed by atoms with E-state index in [9.17, 15) is 18.3 Å². The fourth-order valence-corrected chi connectivity index (χ4v) is 4.50. The maximum absolute atomic E-state index is 12.5. The smallest absolute Gasteiger partial charge is 0.248 e. The molecule has 2 aromatic rings. The molecule has 1 aliphatic rings. The van der Waals surface area contributed by atoms with Gasteiger partial charge < -0.3 is 15.0 Å². The predicted molar refractivity (Wildman–Crippen MR) is 101 cm³/mol. The molecule has 0 aliphatic carbocycles. The Kier molecular flexibility index (Phi) is 5.76. The molecule has 8 heteroatoms. The Morgan fingerprint density at radius 3 is 2.92 bits per heavy atom. The first-order valence-corrected chi connectivity index (χ1v) is 10.4. The number of hydrogen-bond acceptors (Lipinski definition) is 5. The zero-order valence-corrected chi connectivity index (χ0v) is 15.7. The van der Waals surface area contributed by atoms with Crippen LogP contribution in [0.15, 0.2) is 34.0 Å². The lowest BCUT2D eigenvalue weighted by Gasteiger charge is -2.29. The van der Waals surface area contributed by atoms with E-state index in [1.165, 1.54) is 12.1 Å². The normalized spacial score (nSPS) is 19.1. The number of benzene rings is 1. The molecule has 1 aromatic carbocycles. The van der Waals surface area contributed by atoms with Crippen LogP contribution in [0.3, 0.4) is 0 Å². The highest BCUT2D eigenvalue weighted by Gasteiger charge is 2.18. The number of aliphatic hydroxyl groups excluding tert-OH is 1. The molecule has 0 unspecified atom stereocenters. The number of rotatable bonds is 6. The SMILES string of the molecule is Cc1cc(=O)[nH]c2ccc(S(=O)(=O)NCCCN3CCC[C@H](O)C3)cc12. The highest BCUT2D eigenvalue weighted by Crippen LogP contribution is 2.19. The van der Waals surface area contributed by atoms with E-state index in [0.29, 0.717) is 25.0 Å². The number of piperidine rings is 1. The number of β-amino-alcohol motifs (C(OH)–C–C–N with tert-alkyl or cyclic N) is 1. The van der Waals surface area contributed by atoms with Crippen LogP contribution in [-0.4, -0.2) is 55.7 Å². The second-order valence-electron chi connectivity index (χ2n) is 6.87. The number of H-pyrrole nitrogens is 1. The molecule has 1 atom stereocenters. The van der Waals surface area contributed by atoms with Crippen LogP contribution in [0.2, 0.25) is 0 Å². The molecule has 0 radical (unpaired) electrons. The molecule has 3 N–H and O–H groups in total. The first kappa shape index (κ1) is 19.0. The molecule has 1 fully saturated rings. The summed E-state index contributed by atoms with van der Waals surface area (Å²) >= 11 is 0. The van der Waals surface area contributed by atoms with Gasteiger partial charge in [-0.05, 0) is 63.0 Å². The lowest BCUT2D eigenvalue weighted by molar-refractivity contribution is 0.0704. The Morgan fingerprint density at radius 2 is 2.15 bits per heavy atom. The van der Waals surface area contributed by atoms with Crippen LogP contribution < -0.4 is 10.3 Å². The Hall–Kier alpha value is -1.74. The van der Waals surface area contributed by atoms with Gasteiger partial charge in [-0.2, -0.15) is 0 Å². The topological polar surface area (TPSA) is 102 Å². The maximum Gasteiger partial charge on any atom is 0.248 e. The summed E-state index contributed by atoms with van der Waals surface area (Å²) in [6.07, 6.45) is 2.24. The molecule has 0 amide bonds. The number of aliphatic hydroxyl groups is 1. The number of aromatic amines is 1. The molecule has 7 nitrogen and oxygen atoms in total. The molecule has 1 aromatic heterocycles. The Morgan fingerprint density at radius 1 is 1.35 bits per heavy atom. The minimum Gasteiger partial charge on any atom is -0.392 e. The van der Waals surface area contributed by atoms with E-state index in [2.05, 4.69) is 14.6 Å². The van der Waals surface area contributed by atoms with Crippen molar-refractivity contribution in [3.8, 4) is 0 Å². The molecule has 3 rings (SSSR count). The molecular formula is C18H25N3O4S. The van der Waals surface area contributed by atoms with Gasteiger partial charge >= 0.3 is 0 Å². The van der Waals surface area contributed by atoms with Crippen molar-refractivity contribution >= 4 is 20.9 Å². The van der Waals surface area contributed by atoms with Gasteiger partial charge in [0.25, 0.3) is 0 Å². The molecule has 0 bridgehead atoms. The summed E-state index contributed by atoms with van der Waals surface area (Å²) in [5.41, 5.74) is 1.16. The lowest BCUT2D eigenvalue weighted by atomic mass is 10.1. The first-order chi connectivity index (χ1) is 12.3. The van der Waals surface area contributed by atoms with Crippen LogP contribution in [0.4, 0.5) is 0 Å². The summed E-state index contributed by atoms with van der Waals surface area (Å²) in [5.74, 6) is 0. The summed E-state index contributed by atoms with van der Waals surface area (Å²) in [6.45, 7) is 4.50. The van der Waals surface area contributed by atoms with Crippen molar-refractivity contribution in [3.63, 3.8) is 0 Å². The van der Waals surface area contributed by atoms with Gasteiger partial charge in [-0.1, -0.05) is 0 Å². The number of nitrogens with one attached hydrogen (secondary N) is 2. The highest BCUT2D eigenvalue weighted by molar-refractivity contribution is 7.89. The number of sulfonamides is 1. The van der Waals surface area contributed by atoms with Crippen molar-refractivity contribution in [2.24, 2.45) is 0 Å². The molecule has 1 saturated heterocycles. The third-order valence-electron chi connectivity index (χ3n) is 4.76. The minimum absolute atomic E-state index is 0.188. The highest BCUT2D eigenvalue weighted by atomic mass is 32.2. The standard InChI is InChI=1S/C18H25N3O4S/c1-13-10-18(23)20-17-6-5-15(11-16(13)17)26(24,25)19-7-3-9-21-8-2-4-14(22)12-21/h5-6,10-11,14,19,22H,2-4,7-9,12H2,1H3,(H,20,23)/t14-/m0/s1. The van der Waals surface area contributed by atoms with Crippen molar-refractivity contribution in [2.45, 2.75) is 37.2 Å². The Bertz CT molecular complexity index is 939. The van der Waals surface area contributed by atoms with Crippen LogP contribution in [0.1, 0.15) is 24.8 Å². The number of nitrogens with zero attached hydrogens (tertiary/aromatic N) is 1. The zero-order chi connectivity index (χ0) is 18.7. The van der Waals surface area contributed by atoms with Gasteiger partial charge in [0.1, 0.15) is 0 Å². The monoisotopic (exact) mass is 379 g/mol. The van der Waals surface area contributed by atoms with Crippen LogP contribution in [0, 0.1) is 6.92 Å². The zero-order valence-electron chi connectivity index (χ0n) is 14.9. The molecular weight excluding hydrogens is 354 g/mol. The predicted octanol–water partition coefficient (Wildman–Crippen LogP) is 0.962. The largest absolute Gasteiger partial charge is 0.392 e. The van der Waals surface area contributed by atoms with E-state index in [0.717, 1.165) is 36.9 Å². The van der Waals surface area contributed by atoms with Crippen molar-refractivity contribution in [2.75, 3.05) is 26.2 Å². The quantitative estimate of drug-likeness (QED) is 0.649. The number of likely N-dealkylation sites (tertiary alicyclic amines) is 1. The van der Waals surface area contributed by atoms with E-state index < -0.39 is 10.0 Å². The number of hydrogen-bond donors (Lipinski definition) is 3. The maximum atomic E-state index is 12.5. The summed E-state index contributed by atoms with van der Waals surface area (Å²) in [7, 11) is -3.60. The van der Waals surface area contributed by atoms with Gasteiger partial charge in [0.05, 0.1) is 11.0 Å². The van der Waals surface area contributed by atoms with E-state index in [1.807, 2.05) is 0 Å². The van der Waals surface area contributed by atoms with E-state index in [1.54, 1.807) is 19.1 Å². The number of pyridine rings is 1. The average Bonchev–Trinajstić information content (AvgIpc) is 2.58. The van der Waals surface area contributed by atoms with Crippen molar-refractivity contribution in [3.05, 3.63) is 40.2 Å². The summed E-state index contributed by atoms with van der Waals surface area (Å²) in [5, 5.41) is 10.4. The van der Waals surface area contributed by atoms with Crippen LogP contribution in [0.25, 0.3) is 10.9 Å². The molecule has 2 heterocycles. The van der Waals surface area contributed by atoms with Gasteiger partial charge in [-0.15, -0.1) is 0 Å². The summed E-state index contributed by atoms with van der Waals surface area (Å²) in [6, 6.07) is 6.16. The van der Waals surface area contributed by atoms with Gasteiger partial charge in [0.2, 0.25) is 15.6 Å². The number of fused-ring (bicyclic) bond motifs is 1. The van der Waals surface area contributed by atoms with Crippen LogP contribution in [-0.2, 0) is 10.0 Å². The average molecular weight is 379 g/mol. The fraction of sp³-hybridized carbons (Fsp3) is 0.500. The molecule has 0 saturated carbocycles. The fourth-order valence-electron chi connectivity index (χ4n) is 3.40. The van der Waals surface area contributed by atoms with Gasteiger partial charge in [-0.25, -0.2) is 13.1 Å². The summed E-state index contributed by atoms with van der Waals surface area (Å²) < 4.78 is 27.7. The number of aryl methyl sites for hydroxylation is 1. The third kappa shape index (κ3) is 4.50. The van der Waals surface area contributed by atoms with E-state index in [-0.39, 0.29) is 16.6 Å². The lowest BCUT2D eigenvalue weighted by Crippen LogP contribution is -2.39. The molecule has 0 spiro atoms. The Balaban J connectivity index is 1.63. The Labute approximate surface area is 153 Å². The van der Waals surface area contributed by atoms with Crippen molar-refractivity contribution in [1.82, 2.24) is 14.6 Å². The molecule has 1 aliphatic heterocycles. The van der Waals surface area contributed by atoms with Crippen molar-refractivity contribution in [1.29, 1.82) is 0 Å². The van der Waals surface area contributed by atoms with E-state index >= 15 is 0 Å². The minimum atomic E-state index is -3.60. The second kappa shape index (κ2) is 7.87. The number of aromatic nitrogens is 1. The van der Waals surface area contributed by atoms with Crippen LogP contribution in [0.5, 0.6) is 0 Å². The van der Waals surface area contributed by atoms with Gasteiger partial charge in [0, 0.05) is 30.1 Å². The third-order valence-corrected chi connectivity index (χ3v) is 6.21. The van der Waals surface area contributed by atoms with Crippen molar-refractivity contribution < 1.29 is 13.5 Å². The van der Waals surface area contributed by atoms with E-state index in [4.69, 9.17) is 0 Å². The molecule has 142 valence electrons. The van der Waals surface area contributed by atoms with Gasteiger partial charge in [-0.3, -0.25) is 4.79 Å². The van der Waals surface area contributed by atoms with Crippen LogP contribution >= 0.6 is 0 Å². The molecule has 26 heavy (non-hydrogen) atoms. The second-order valence-corrected chi connectivity index (χ2v) is 8.64.